The molecule has 0 aliphatic carbocycles. The highest BCUT2D eigenvalue weighted by molar-refractivity contribution is 5.90. The molecule has 0 radical (unpaired) electrons. The summed E-state index contributed by atoms with van der Waals surface area (Å²) >= 11 is 0. The minimum atomic E-state index is -0.821. The summed E-state index contributed by atoms with van der Waals surface area (Å²) in [4.78, 5) is 11.9. The van der Waals surface area contributed by atoms with E-state index in [1.54, 1.807) is 0 Å². The largest absolute Gasteiger partial charge is 0.269 e. The fraction of sp³-hybridized carbons (Fsp3) is 0. The average Bonchev–Trinajstić information content (AvgIpc) is 2.59. The zero-order valence-electron chi connectivity index (χ0n) is 12.4. The molecule has 1 aromatic heterocycles. The first-order chi connectivity index (χ1) is 11.6. The van der Waals surface area contributed by atoms with Crippen LogP contribution in [0.4, 0.5) is 13.2 Å². The fourth-order valence-corrected chi connectivity index (χ4v) is 2.35. The molecule has 3 rings (SSSR count). The first kappa shape index (κ1) is 15.8. The number of hydrogen-bond acceptors (Lipinski definition) is 1. The number of benzene rings is 2. The maximum absolute atomic E-state index is 15.1. The van der Waals surface area contributed by atoms with Crippen LogP contribution in [0.25, 0.3) is 11.5 Å². The lowest BCUT2D eigenvalue weighted by molar-refractivity contribution is 0.627. The molecule has 3 aromatic rings. The molecule has 0 amide bonds. The molecule has 120 valence electrons. The highest BCUT2D eigenvalue weighted by Crippen LogP contribution is 2.29. The minimum absolute atomic E-state index is 0.0725. The molecule has 0 bridgehead atoms. The predicted octanol–water partition coefficient (Wildman–Crippen LogP) is 4.47. The molecule has 2 nitrogen and oxygen atoms in total. The summed E-state index contributed by atoms with van der Waals surface area (Å²) < 4.78 is 42.3. The number of hydrogen-bond donors (Lipinski definition) is 0. The van der Waals surface area contributed by atoms with Gasteiger partial charge in [-0.05, 0) is 41.5 Å². The van der Waals surface area contributed by atoms with Gasteiger partial charge in [-0.15, -0.1) is 0 Å². The Balaban J connectivity index is 2.27. The lowest BCUT2D eigenvalue weighted by atomic mass is 9.98. The molecule has 24 heavy (non-hydrogen) atoms. The molecule has 1 heterocycles. The molecule has 0 saturated carbocycles. The zero-order chi connectivity index (χ0) is 17.1. The number of halogens is 3. The van der Waals surface area contributed by atoms with Crippen LogP contribution in [-0.4, -0.2) is 4.57 Å². The van der Waals surface area contributed by atoms with Gasteiger partial charge >= 0.3 is 0 Å². The van der Waals surface area contributed by atoms with Crippen molar-refractivity contribution in [2.24, 2.45) is 0 Å². The standard InChI is InChI=1S/C19H12F3NO/c20-15-8-4-13(5-9-15)18(14-6-10-16(21)11-7-14)19(22)23-12-2-1-3-17(23)24/h1-12H. The Kier molecular flexibility index (Phi) is 4.33. The van der Waals surface area contributed by atoms with Gasteiger partial charge in [0, 0.05) is 17.8 Å². The Morgan fingerprint density at radius 2 is 1.25 bits per heavy atom. The van der Waals surface area contributed by atoms with E-state index in [-0.39, 0.29) is 5.57 Å². The molecule has 0 saturated heterocycles. The van der Waals surface area contributed by atoms with Crippen molar-refractivity contribution in [3.8, 4) is 0 Å². The third kappa shape index (κ3) is 3.15. The highest BCUT2D eigenvalue weighted by atomic mass is 19.1. The van der Waals surface area contributed by atoms with Gasteiger partial charge in [-0.3, -0.25) is 9.36 Å². The van der Waals surface area contributed by atoms with Gasteiger partial charge in [0.2, 0.25) is 5.95 Å². The van der Waals surface area contributed by atoms with E-state index >= 15 is 4.39 Å². The third-order valence-corrected chi connectivity index (χ3v) is 3.51. The molecule has 5 heteroatoms. The maximum Gasteiger partial charge on any atom is 0.256 e. The minimum Gasteiger partial charge on any atom is -0.269 e. The molecule has 0 N–H and O–H groups in total. The van der Waals surface area contributed by atoms with Crippen LogP contribution in [0.5, 0.6) is 0 Å². The van der Waals surface area contributed by atoms with Gasteiger partial charge in [-0.25, -0.2) is 8.78 Å². The van der Waals surface area contributed by atoms with Crippen LogP contribution in [0.3, 0.4) is 0 Å². The van der Waals surface area contributed by atoms with Crippen molar-refractivity contribution in [2.45, 2.75) is 0 Å². The second-order valence-electron chi connectivity index (χ2n) is 5.09. The second kappa shape index (κ2) is 6.58. The van der Waals surface area contributed by atoms with E-state index in [0.717, 1.165) is 4.57 Å². The van der Waals surface area contributed by atoms with Crippen molar-refractivity contribution in [1.82, 2.24) is 4.57 Å². The molecule has 0 atom stereocenters. The summed E-state index contributed by atoms with van der Waals surface area (Å²) in [7, 11) is 0. The van der Waals surface area contributed by atoms with Gasteiger partial charge in [0.05, 0.1) is 0 Å². The van der Waals surface area contributed by atoms with E-state index in [0.29, 0.717) is 11.1 Å². The average molecular weight is 327 g/mol. The predicted molar refractivity (Wildman–Crippen MR) is 86.8 cm³/mol. The number of aromatic nitrogens is 1. The number of rotatable bonds is 3. The zero-order valence-corrected chi connectivity index (χ0v) is 12.4. The summed E-state index contributed by atoms with van der Waals surface area (Å²) in [6, 6.07) is 14.6. The number of pyridine rings is 1. The lowest BCUT2D eigenvalue weighted by Gasteiger charge is -2.12. The van der Waals surface area contributed by atoms with Gasteiger partial charge in [-0.2, -0.15) is 4.39 Å². The van der Waals surface area contributed by atoms with Crippen molar-refractivity contribution in [3.63, 3.8) is 0 Å². The molecular weight excluding hydrogens is 315 g/mol. The number of nitrogens with zero attached hydrogens (tertiary/aromatic N) is 1. The molecule has 2 aromatic carbocycles. The first-order valence-corrected chi connectivity index (χ1v) is 7.16. The molecule has 0 aliphatic rings. The van der Waals surface area contributed by atoms with Crippen molar-refractivity contribution in [2.75, 3.05) is 0 Å². The van der Waals surface area contributed by atoms with E-state index in [2.05, 4.69) is 0 Å². The Hall–Kier alpha value is -3.08. The van der Waals surface area contributed by atoms with E-state index < -0.39 is 23.1 Å². The summed E-state index contributed by atoms with van der Waals surface area (Å²) in [5.41, 5.74) is 0.271. The van der Waals surface area contributed by atoms with Crippen LogP contribution in [-0.2, 0) is 0 Å². The molecule has 0 spiro atoms. The Morgan fingerprint density at radius 3 is 1.71 bits per heavy atom. The SMILES string of the molecule is O=c1ccccn1C(F)=C(c1ccc(F)cc1)c1ccc(F)cc1. The van der Waals surface area contributed by atoms with E-state index in [9.17, 15) is 13.6 Å². The van der Waals surface area contributed by atoms with E-state index in [1.807, 2.05) is 0 Å². The fourth-order valence-electron chi connectivity index (χ4n) is 2.35. The second-order valence-corrected chi connectivity index (χ2v) is 5.09. The maximum atomic E-state index is 15.1. The third-order valence-electron chi connectivity index (χ3n) is 3.51. The topological polar surface area (TPSA) is 22.0 Å². The Morgan fingerprint density at radius 1 is 0.750 bits per heavy atom. The van der Waals surface area contributed by atoms with Gasteiger partial charge in [-0.1, -0.05) is 30.3 Å². The summed E-state index contributed by atoms with van der Waals surface area (Å²) in [6.45, 7) is 0. The monoisotopic (exact) mass is 327 g/mol. The smallest absolute Gasteiger partial charge is 0.256 e. The summed E-state index contributed by atoms with van der Waals surface area (Å²) in [5, 5.41) is 0. The van der Waals surface area contributed by atoms with Gasteiger partial charge < -0.3 is 0 Å². The highest BCUT2D eigenvalue weighted by Gasteiger charge is 2.15. The van der Waals surface area contributed by atoms with Gasteiger partial charge in [0.25, 0.3) is 5.56 Å². The molecule has 0 aliphatic heterocycles. The van der Waals surface area contributed by atoms with Crippen molar-refractivity contribution >= 4 is 11.5 Å². The molecular formula is C19H12F3NO. The van der Waals surface area contributed by atoms with Crippen LogP contribution in [0.1, 0.15) is 11.1 Å². The van der Waals surface area contributed by atoms with Crippen LogP contribution in [0.2, 0.25) is 0 Å². The van der Waals surface area contributed by atoms with E-state index in [1.165, 1.54) is 72.9 Å². The molecule has 0 unspecified atom stereocenters. The van der Waals surface area contributed by atoms with Crippen LogP contribution < -0.4 is 5.56 Å². The first-order valence-electron chi connectivity index (χ1n) is 7.16. The van der Waals surface area contributed by atoms with E-state index in [4.69, 9.17) is 0 Å². The van der Waals surface area contributed by atoms with Gasteiger partial charge in [0.15, 0.2) is 0 Å². The quantitative estimate of drug-likeness (QED) is 0.696. The Labute approximate surface area is 136 Å². The summed E-state index contributed by atoms with van der Waals surface area (Å²) in [6.07, 6.45) is 1.30. The van der Waals surface area contributed by atoms with Crippen molar-refractivity contribution in [3.05, 3.63) is 106 Å². The normalized spacial score (nSPS) is 10.5. The van der Waals surface area contributed by atoms with Crippen LogP contribution in [0, 0.1) is 11.6 Å². The summed E-state index contributed by atoms with van der Waals surface area (Å²) in [5.74, 6) is -1.75. The van der Waals surface area contributed by atoms with Crippen LogP contribution >= 0.6 is 0 Å². The lowest BCUT2D eigenvalue weighted by Crippen LogP contribution is -2.16. The van der Waals surface area contributed by atoms with Gasteiger partial charge in [0.1, 0.15) is 11.6 Å². The molecule has 0 fully saturated rings. The van der Waals surface area contributed by atoms with Crippen LogP contribution in [0.15, 0.2) is 77.7 Å². The van der Waals surface area contributed by atoms with Crippen molar-refractivity contribution in [1.29, 1.82) is 0 Å². The van der Waals surface area contributed by atoms with Crippen molar-refractivity contribution < 1.29 is 13.2 Å². The Bertz CT molecular complexity index is 894.